The van der Waals surface area contributed by atoms with Crippen LogP contribution >= 0.6 is 34.5 Å². The number of amides is 1. The van der Waals surface area contributed by atoms with Gasteiger partial charge in [-0.15, -0.1) is 11.3 Å². The van der Waals surface area contributed by atoms with Crippen molar-refractivity contribution in [2.45, 2.75) is 0 Å². The zero-order chi connectivity index (χ0) is 13.3. The molecule has 3 nitrogen and oxygen atoms in total. The van der Waals surface area contributed by atoms with Gasteiger partial charge in [-0.3, -0.25) is 4.79 Å². The highest BCUT2D eigenvalue weighted by molar-refractivity contribution is 7.12. The van der Waals surface area contributed by atoms with Gasteiger partial charge in [-0.2, -0.15) is 0 Å². The molecule has 0 saturated carbocycles. The summed E-state index contributed by atoms with van der Waals surface area (Å²) in [7, 11) is 1.64. The Labute approximate surface area is 119 Å². The van der Waals surface area contributed by atoms with Gasteiger partial charge in [-0.1, -0.05) is 23.2 Å². The van der Waals surface area contributed by atoms with E-state index in [0.29, 0.717) is 26.3 Å². The van der Waals surface area contributed by atoms with E-state index in [-0.39, 0.29) is 5.91 Å². The average Bonchev–Trinajstić information content (AvgIpc) is 2.77. The predicted octanol–water partition coefficient (Wildman–Crippen LogP) is 3.91. The monoisotopic (exact) mass is 300 g/mol. The van der Waals surface area contributed by atoms with Gasteiger partial charge < -0.3 is 10.6 Å². The summed E-state index contributed by atoms with van der Waals surface area (Å²) >= 11 is 13.1. The summed E-state index contributed by atoms with van der Waals surface area (Å²) in [6.07, 6.45) is 0. The molecule has 2 aromatic rings. The van der Waals surface area contributed by atoms with Crippen molar-refractivity contribution in [3.8, 4) is 0 Å². The van der Waals surface area contributed by atoms with Crippen LogP contribution in [0.15, 0.2) is 29.6 Å². The molecule has 94 valence electrons. The number of halogens is 2. The van der Waals surface area contributed by atoms with Gasteiger partial charge in [0.15, 0.2) is 0 Å². The van der Waals surface area contributed by atoms with Crippen LogP contribution in [0.1, 0.15) is 9.67 Å². The van der Waals surface area contributed by atoms with Crippen LogP contribution in [0.5, 0.6) is 0 Å². The first kappa shape index (κ1) is 13.2. The van der Waals surface area contributed by atoms with Gasteiger partial charge in [0.05, 0.1) is 16.4 Å². The van der Waals surface area contributed by atoms with E-state index in [9.17, 15) is 4.79 Å². The number of nitrogens with zero attached hydrogens (tertiary/aromatic N) is 1. The lowest BCUT2D eigenvalue weighted by Gasteiger charge is -2.19. The highest BCUT2D eigenvalue weighted by Gasteiger charge is 2.19. The van der Waals surface area contributed by atoms with E-state index in [1.807, 2.05) is 0 Å². The number of carbonyl (C=O) groups is 1. The van der Waals surface area contributed by atoms with Gasteiger partial charge in [0, 0.05) is 12.1 Å². The summed E-state index contributed by atoms with van der Waals surface area (Å²) in [5.74, 6) is -0.205. The van der Waals surface area contributed by atoms with Gasteiger partial charge in [0.1, 0.15) is 4.88 Å². The van der Waals surface area contributed by atoms with Crippen molar-refractivity contribution >= 4 is 51.8 Å². The second kappa shape index (κ2) is 5.18. The van der Waals surface area contributed by atoms with Crippen molar-refractivity contribution in [3.05, 3.63) is 44.6 Å². The molecule has 0 saturated heterocycles. The summed E-state index contributed by atoms with van der Waals surface area (Å²) in [5.41, 5.74) is 6.89. The van der Waals surface area contributed by atoms with Crippen LogP contribution in [0.3, 0.4) is 0 Å². The Morgan fingerprint density at radius 1 is 1.33 bits per heavy atom. The molecular weight excluding hydrogens is 291 g/mol. The highest BCUT2D eigenvalue weighted by atomic mass is 35.5. The lowest BCUT2D eigenvalue weighted by atomic mass is 10.2. The molecule has 1 aromatic carbocycles. The molecule has 0 aliphatic heterocycles. The molecule has 1 heterocycles. The van der Waals surface area contributed by atoms with Gasteiger partial charge >= 0.3 is 0 Å². The Kier molecular flexibility index (Phi) is 3.80. The van der Waals surface area contributed by atoms with Gasteiger partial charge in [-0.05, 0) is 29.6 Å². The first-order valence-electron chi connectivity index (χ1n) is 5.07. The zero-order valence-corrected chi connectivity index (χ0v) is 11.8. The van der Waals surface area contributed by atoms with Crippen LogP contribution in [0, 0.1) is 0 Å². The Balaban J connectivity index is 2.37. The van der Waals surface area contributed by atoms with Crippen molar-refractivity contribution in [2.75, 3.05) is 17.7 Å². The van der Waals surface area contributed by atoms with E-state index in [1.54, 1.807) is 36.7 Å². The summed E-state index contributed by atoms with van der Waals surface area (Å²) in [4.78, 5) is 14.2. The fourth-order valence-corrected chi connectivity index (χ4v) is 2.79. The number of nitrogens with two attached hydrogens (primary N) is 1. The first-order chi connectivity index (χ1) is 8.50. The molecular formula is C12H10Cl2N2OS. The zero-order valence-electron chi connectivity index (χ0n) is 9.48. The lowest BCUT2D eigenvalue weighted by Crippen LogP contribution is -2.26. The number of hydrogen-bond donors (Lipinski definition) is 1. The minimum absolute atomic E-state index is 0.205. The molecule has 0 atom stereocenters. The molecule has 0 aliphatic rings. The van der Waals surface area contributed by atoms with Gasteiger partial charge in [-0.25, -0.2) is 0 Å². The van der Waals surface area contributed by atoms with Crippen LogP contribution in [-0.4, -0.2) is 13.0 Å². The van der Waals surface area contributed by atoms with E-state index in [2.05, 4.69) is 0 Å². The second-order valence-electron chi connectivity index (χ2n) is 3.66. The average molecular weight is 301 g/mol. The Bertz CT molecular complexity index is 598. The number of hydrogen-bond acceptors (Lipinski definition) is 3. The molecule has 0 spiro atoms. The third-order valence-electron chi connectivity index (χ3n) is 2.47. The van der Waals surface area contributed by atoms with Crippen molar-refractivity contribution in [1.82, 2.24) is 0 Å². The fourth-order valence-electron chi connectivity index (χ4n) is 1.52. The SMILES string of the molecule is CN(C(=O)c1sccc1Cl)c1cc(Cl)ccc1N. The number of carbonyl (C=O) groups excluding carboxylic acids is 1. The van der Waals surface area contributed by atoms with Crippen molar-refractivity contribution in [1.29, 1.82) is 0 Å². The molecule has 0 radical (unpaired) electrons. The molecule has 0 fully saturated rings. The number of benzene rings is 1. The first-order valence-corrected chi connectivity index (χ1v) is 6.70. The predicted molar refractivity (Wildman–Crippen MR) is 77.9 cm³/mol. The smallest absolute Gasteiger partial charge is 0.269 e. The fraction of sp³-hybridized carbons (Fsp3) is 0.0833. The highest BCUT2D eigenvalue weighted by Crippen LogP contribution is 2.30. The van der Waals surface area contributed by atoms with Crippen LogP contribution < -0.4 is 10.6 Å². The largest absolute Gasteiger partial charge is 0.397 e. The summed E-state index contributed by atoms with van der Waals surface area (Å²) in [6, 6.07) is 6.68. The van der Waals surface area contributed by atoms with E-state index in [4.69, 9.17) is 28.9 Å². The van der Waals surface area contributed by atoms with E-state index in [0.717, 1.165) is 0 Å². The topological polar surface area (TPSA) is 46.3 Å². The van der Waals surface area contributed by atoms with Gasteiger partial charge in [0.25, 0.3) is 5.91 Å². The maximum absolute atomic E-state index is 12.2. The van der Waals surface area contributed by atoms with E-state index >= 15 is 0 Å². The molecule has 1 aromatic heterocycles. The maximum atomic E-state index is 12.2. The van der Waals surface area contributed by atoms with Crippen molar-refractivity contribution in [2.24, 2.45) is 0 Å². The number of anilines is 2. The standard InChI is InChI=1S/C12H10Cl2N2OS/c1-16(10-6-7(13)2-3-9(10)15)12(17)11-8(14)4-5-18-11/h2-6H,15H2,1H3. The molecule has 6 heteroatoms. The summed E-state index contributed by atoms with van der Waals surface area (Å²) in [6.45, 7) is 0. The molecule has 0 unspecified atom stereocenters. The molecule has 2 rings (SSSR count). The van der Waals surface area contributed by atoms with Crippen LogP contribution in [0.4, 0.5) is 11.4 Å². The van der Waals surface area contributed by atoms with Crippen molar-refractivity contribution < 1.29 is 4.79 Å². The molecule has 0 bridgehead atoms. The maximum Gasteiger partial charge on any atom is 0.269 e. The second-order valence-corrected chi connectivity index (χ2v) is 5.42. The minimum atomic E-state index is -0.205. The Morgan fingerprint density at radius 3 is 2.67 bits per heavy atom. The number of rotatable bonds is 2. The van der Waals surface area contributed by atoms with Crippen LogP contribution in [0.2, 0.25) is 10.0 Å². The quantitative estimate of drug-likeness (QED) is 0.855. The van der Waals surface area contributed by atoms with Crippen molar-refractivity contribution in [3.63, 3.8) is 0 Å². The minimum Gasteiger partial charge on any atom is -0.397 e. The molecule has 1 amide bonds. The Morgan fingerprint density at radius 2 is 2.06 bits per heavy atom. The Hall–Kier alpha value is -1.23. The van der Waals surface area contributed by atoms with Gasteiger partial charge in [0.2, 0.25) is 0 Å². The molecule has 0 aliphatic carbocycles. The third-order valence-corrected chi connectivity index (χ3v) is 4.03. The van der Waals surface area contributed by atoms with Crippen LogP contribution in [-0.2, 0) is 0 Å². The summed E-state index contributed by atoms with van der Waals surface area (Å²) in [5, 5.41) is 2.73. The number of nitrogen functional groups attached to an aromatic ring is 1. The van der Waals surface area contributed by atoms with E-state index < -0.39 is 0 Å². The van der Waals surface area contributed by atoms with E-state index in [1.165, 1.54) is 16.2 Å². The normalized spacial score (nSPS) is 10.4. The molecule has 18 heavy (non-hydrogen) atoms. The lowest BCUT2D eigenvalue weighted by molar-refractivity contribution is 0.0997. The number of thiophene rings is 1. The summed E-state index contributed by atoms with van der Waals surface area (Å²) < 4.78 is 0. The third kappa shape index (κ3) is 2.46. The molecule has 2 N–H and O–H groups in total. The van der Waals surface area contributed by atoms with Crippen LogP contribution in [0.25, 0.3) is 0 Å².